The van der Waals surface area contributed by atoms with E-state index in [9.17, 15) is 4.79 Å². The lowest BCUT2D eigenvalue weighted by atomic mass is 9.87. The fraction of sp³-hybridized carbons (Fsp3) is 0.429. The van der Waals surface area contributed by atoms with Crippen molar-refractivity contribution < 1.29 is 9.53 Å². The highest BCUT2D eigenvalue weighted by atomic mass is 16.5. The molecule has 1 aliphatic carbocycles. The molecular weight excluding hydrogens is 326 g/mol. The van der Waals surface area contributed by atoms with Crippen LogP contribution in [0.1, 0.15) is 42.1 Å². The molecule has 0 fully saturated rings. The van der Waals surface area contributed by atoms with Crippen LogP contribution in [-0.2, 0) is 0 Å². The Labute approximate surface area is 154 Å². The summed E-state index contributed by atoms with van der Waals surface area (Å²) in [6.07, 6.45) is 11.1. The summed E-state index contributed by atoms with van der Waals surface area (Å²) in [5.41, 5.74) is 3.15. The first kappa shape index (κ1) is 16.9. The summed E-state index contributed by atoms with van der Waals surface area (Å²) in [5, 5.41) is 3.18. The SMILES string of the molecule is CC1CC=C(c2ccc3c(c2)C(=O)N(CC2N=CC=CN2)CCO3)CC1. The maximum absolute atomic E-state index is 13.1. The molecule has 26 heavy (non-hydrogen) atoms. The van der Waals surface area contributed by atoms with Gasteiger partial charge in [0.2, 0.25) is 0 Å². The lowest BCUT2D eigenvalue weighted by Gasteiger charge is -2.25. The van der Waals surface area contributed by atoms with Gasteiger partial charge in [-0.15, -0.1) is 0 Å². The number of carbonyl (C=O) groups is 1. The van der Waals surface area contributed by atoms with Crippen molar-refractivity contribution in [1.82, 2.24) is 10.2 Å². The number of allylic oxidation sites excluding steroid dienone is 3. The third kappa shape index (κ3) is 3.52. The molecule has 0 bridgehead atoms. The van der Waals surface area contributed by atoms with Gasteiger partial charge < -0.3 is 15.0 Å². The van der Waals surface area contributed by atoms with Crippen LogP contribution in [0, 0.1) is 5.92 Å². The normalized spacial score (nSPS) is 25.0. The van der Waals surface area contributed by atoms with Gasteiger partial charge in [-0.1, -0.05) is 19.1 Å². The van der Waals surface area contributed by atoms with Gasteiger partial charge in [0.25, 0.3) is 5.91 Å². The second kappa shape index (κ2) is 7.36. The van der Waals surface area contributed by atoms with Gasteiger partial charge in [0.05, 0.1) is 18.7 Å². The van der Waals surface area contributed by atoms with Crippen molar-refractivity contribution in [3.8, 4) is 5.75 Å². The largest absolute Gasteiger partial charge is 0.491 e. The number of rotatable bonds is 3. The number of aliphatic imine (C=N–C) groups is 1. The minimum absolute atomic E-state index is 0.0238. The summed E-state index contributed by atoms with van der Waals surface area (Å²) in [6.45, 7) is 3.90. The quantitative estimate of drug-likeness (QED) is 0.910. The molecule has 3 aliphatic rings. The summed E-state index contributed by atoms with van der Waals surface area (Å²) in [5.74, 6) is 1.46. The summed E-state index contributed by atoms with van der Waals surface area (Å²) < 4.78 is 5.84. The third-order valence-corrected chi connectivity index (χ3v) is 5.29. The van der Waals surface area contributed by atoms with E-state index in [0.29, 0.717) is 31.0 Å². The van der Waals surface area contributed by atoms with E-state index < -0.39 is 0 Å². The smallest absolute Gasteiger partial charge is 0.257 e. The fourth-order valence-corrected chi connectivity index (χ4v) is 3.68. The van der Waals surface area contributed by atoms with Crippen LogP contribution in [0.15, 0.2) is 41.5 Å². The van der Waals surface area contributed by atoms with Crippen molar-refractivity contribution in [1.29, 1.82) is 0 Å². The molecule has 0 radical (unpaired) electrons. The van der Waals surface area contributed by atoms with Crippen molar-refractivity contribution in [3.63, 3.8) is 0 Å². The summed E-state index contributed by atoms with van der Waals surface area (Å²) in [7, 11) is 0. The predicted molar refractivity (Wildman–Crippen MR) is 103 cm³/mol. The second-order valence-corrected chi connectivity index (χ2v) is 7.26. The number of fused-ring (bicyclic) bond motifs is 1. The summed E-state index contributed by atoms with van der Waals surface area (Å²) >= 11 is 0. The molecule has 2 unspecified atom stereocenters. The van der Waals surface area contributed by atoms with E-state index in [2.05, 4.69) is 29.4 Å². The van der Waals surface area contributed by atoms with Crippen molar-refractivity contribution in [3.05, 3.63) is 47.7 Å². The molecule has 136 valence electrons. The molecule has 0 spiro atoms. The Balaban J connectivity index is 1.57. The Hall–Kier alpha value is -2.56. The average molecular weight is 351 g/mol. The summed E-state index contributed by atoms with van der Waals surface area (Å²) in [4.78, 5) is 19.3. The maximum Gasteiger partial charge on any atom is 0.257 e. The van der Waals surface area contributed by atoms with Crippen LogP contribution in [0.3, 0.4) is 0 Å². The molecule has 4 rings (SSSR count). The average Bonchev–Trinajstić information content (AvgIpc) is 2.82. The minimum atomic E-state index is -0.101. The molecule has 0 saturated heterocycles. The first-order chi connectivity index (χ1) is 12.7. The third-order valence-electron chi connectivity index (χ3n) is 5.29. The number of amides is 1. The van der Waals surface area contributed by atoms with Crippen molar-refractivity contribution in [2.24, 2.45) is 10.9 Å². The highest BCUT2D eigenvalue weighted by molar-refractivity contribution is 5.98. The molecule has 2 atom stereocenters. The van der Waals surface area contributed by atoms with Crippen LogP contribution >= 0.6 is 0 Å². The van der Waals surface area contributed by atoms with Gasteiger partial charge in [-0.05, 0) is 60.7 Å². The highest BCUT2D eigenvalue weighted by Crippen LogP contribution is 2.33. The van der Waals surface area contributed by atoms with E-state index in [4.69, 9.17) is 4.74 Å². The van der Waals surface area contributed by atoms with Gasteiger partial charge in [0.15, 0.2) is 0 Å². The number of hydrogen-bond acceptors (Lipinski definition) is 4. The number of benzene rings is 1. The monoisotopic (exact) mass is 351 g/mol. The van der Waals surface area contributed by atoms with Crippen LogP contribution in [-0.4, -0.2) is 42.9 Å². The standard InChI is InChI=1S/C21H25N3O2/c1-15-3-5-16(6-4-15)17-7-8-19-18(13-17)21(25)24(11-12-26-19)14-20-22-9-2-10-23-20/h2,5,7-10,13,15,20,22H,3-4,6,11-12,14H2,1H3. The molecule has 1 amide bonds. The van der Waals surface area contributed by atoms with Gasteiger partial charge in [-0.2, -0.15) is 0 Å². The molecular formula is C21H25N3O2. The van der Waals surface area contributed by atoms with Crippen LogP contribution in [0.4, 0.5) is 0 Å². The maximum atomic E-state index is 13.1. The van der Waals surface area contributed by atoms with Crippen molar-refractivity contribution in [2.45, 2.75) is 32.4 Å². The second-order valence-electron chi connectivity index (χ2n) is 7.26. The molecule has 2 aliphatic heterocycles. The topological polar surface area (TPSA) is 53.9 Å². The van der Waals surface area contributed by atoms with Crippen LogP contribution in [0.25, 0.3) is 5.57 Å². The Morgan fingerprint density at radius 3 is 3.08 bits per heavy atom. The zero-order chi connectivity index (χ0) is 17.9. The summed E-state index contributed by atoms with van der Waals surface area (Å²) in [6, 6.07) is 6.04. The highest BCUT2D eigenvalue weighted by Gasteiger charge is 2.26. The molecule has 2 heterocycles. The van der Waals surface area contributed by atoms with Crippen LogP contribution in [0.2, 0.25) is 0 Å². The van der Waals surface area contributed by atoms with E-state index in [1.807, 2.05) is 29.3 Å². The van der Waals surface area contributed by atoms with Gasteiger partial charge in [-0.25, -0.2) is 0 Å². The lowest BCUT2D eigenvalue weighted by molar-refractivity contribution is 0.0742. The van der Waals surface area contributed by atoms with Crippen LogP contribution < -0.4 is 10.1 Å². The first-order valence-corrected chi connectivity index (χ1v) is 9.40. The van der Waals surface area contributed by atoms with E-state index in [0.717, 1.165) is 24.3 Å². The van der Waals surface area contributed by atoms with E-state index in [1.54, 1.807) is 6.21 Å². The Morgan fingerprint density at radius 2 is 2.31 bits per heavy atom. The van der Waals surface area contributed by atoms with E-state index >= 15 is 0 Å². The predicted octanol–water partition coefficient (Wildman–Crippen LogP) is 3.24. The Morgan fingerprint density at radius 1 is 1.38 bits per heavy atom. The molecule has 5 nitrogen and oxygen atoms in total. The first-order valence-electron chi connectivity index (χ1n) is 9.40. The number of nitrogens with one attached hydrogen (secondary N) is 1. The zero-order valence-corrected chi connectivity index (χ0v) is 15.1. The van der Waals surface area contributed by atoms with Gasteiger partial charge in [-0.3, -0.25) is 9.79 Å². The number of carbonyl (C=O) groups excluding carboxylic acids is 1. The van der Waals surface area contributed by atoms with E-state index in [1.165, 1.54) is 12.0 Å². The molecule has 0 aromatic heterocycles. The number of nitrogens with zero attached hydrogens (tertiary/aromatic N) is 2. The molecule has 0 saturated carbocycles. The van der Waals surface area contributed by atoms with Crippen molar-refractivity contribution >= 4 is 17.7 Å². The number of hydrogen-bond donors (Lipinski definition) is 1. The van der Waals surface area contributed by atoms with Crippen molar-refractivity contribution in [2.75, 3.05) is 19.7 Å². The molecule has 1 N–H and O–H groups in total. The number of ether oxygens (including phenoxy) is 1. The fourth-order valence-electron chi connectivity index (χ4n) is 3.68. The van der Waals surface area contributed by atoms with Gasteiger partial charge >= 0.3 is 0 Å². The van der Waals surface area contributed by atoms with Gasteiger partial charge in [0, 0.05) is 6.21 Å². The molecule has 1 aromatic carbocycles. The Kier molecular flexibility index (Phi) is 4.78. The van der Waals surface area contributed by atoms with Gasteiger partial charge in [0.1, 0.15) is 18.5 Å². The lowest BCUT2D eigenvalue weighted by Crippen LogP contribution is -2.42. The Bertz CT molecular complexity index is 781. The minimum Gasteiger partial charge on any atom is -0.491 e. The molecule has 1 aromatic rings. The van der Waals surface area contributed by atoms with Crippen LogP contribution in [0.5, 0.6) is 5.75 Å². The molecule has 5 heteroatoms. The van der Waals surface area contributed by atoms with E-state index in [-0.39, 0.29) is 12.1 Å². The zero-order valence-electron chi connectivity index (χ0n) is 15.1.